The molecular weight excluding hydrogens is 477 g/mol. The molecular formula is C26H23F3N2O3S. The molecule has 35 heavy (non-hydrogen) atoms. The van der Waals surface area contributed by atoms with Gasteiger partial charge in [0.2, 0.25) is 0 Å². The zero-order valence-electron chi connectivity index (χ0n) is 18.6. The molecule has 0 amide bonds. The minimum atomic E-state index is -4.73. The lowest BCUT2D eigenvalue weighted by Gasteiger charge is -2.29. The number of benzene rings is 3. The van der Waals surface area contributed by atoms with E-state index in [1.54, 1.807) is 36.4 Å². The number of halogens is 3. The van der Waals surface area contributed by atoms with Crippen molar-refractivity contribution in [1.29, 1.82) is 5.26 Å². The molecule has 0 radical (unpaired) electrons. The first-order valence-corrected chi connectivity index (χ1v) is 12.7. The number of hydrogen-bond acceptors (Lipinski definition) is 5. The van der Waals surface area contributed by atoms with Gasteiger partial charge in [0, 0.05) is 11.7 Å². The molecule has 1 saturated carbocycles. The maximum Gasteiger partial charge on any atom is 0.573 e. The van der Waals surface area contributed by atoms with Crippen molar-refractivity contribution in [3.8, 4) is 22.9 Å². The fourth-order valence-electron chi connectivity index (χ4n) is 4.27. The van der Waals surface area contributed by atoms with Crippen LogP contribution in [0.15, 0.2) is 77.7 Å². The number of hydrogen-bond donors (Lipinski definition) is 1. The topological polar surface area (TPSA) is 79.2 Å². The Bertz CT molecular complexity index is 1290. The second-order valence-electron chi connectivity index (χ2n) is 8.45. The lowest BCUT2D eigenvalue weighted by molar-refractivity contribution is -0.274. The quantitative estimate of drug-likeness (QED) is 0.428. The van der Waals surface area contributed by atoms with Crippen molar-refractivity contribution in [2.45, 2.75) is 48.2 Å². The van der Waals surface area contributed by atoms with Gasteiger partial charge in [-0.15, -0.1) is 13.2 Å². The van der Waals surface area contributed by atoms with Gasteiger partial charge in [-0.25, -0.2) is 8.42 Å². The van der Waals surface area contributed by atoms with E-state index < -0.39 is 21.4 Å². The highest BCUT2D eigenvalue weighted by Crippen LogP contribution is 2.32. The minimum Gasteiger partial charge on any atom is -0.406 e. The summed E-state index contributed by atoms with van der Waals surface area (Å²) < 4.78 is 67.1. The molecule has 0 spiro atoms. The van der Waals surface area contributed by atoms with E-state index in [-0.39, 0.29) is 16.7 Å². The van der Waals surface area contributed by atoms with Crippen LogP contribution < -0.4 is 10.1 Å². The first kappa shape index (κ1) is 24.6. The van der Waals surface area contributed by atoms with Crippen molar-refractivity contribution in [3.05, 3.63) is 78.4 Å². The van der Waals surface area contributed by atoms with E-state index in [9.17, 15) is 21.6 Å². The number of anilines is 1. The highest BCUT2D eigenvalue weighted by atomic mass is 32.2. The summed E-state index contributed by atoms with van der Waals surface area (Å²) in [7, 11) is -3.48. The second kappa shape index (κ2) is 10.0. The maximum absolute atomic E-state index is 13.2. The monoisotopic (exact) mass is 500 g/mol. The second-order valence-corrected chi connectivity index (χ2v) is 10.7. The number of nitriles is 1. The molecule has 3 aromatic carbocycles. The Balaban J connectivity index is 1.34. The standard InChI is InChI=1S/C26H23F3N2O3S/c27-26(28,29)34-23-11-7-21(8-12-23)31-22-9-15-25(16-10-22)35(32,33)24-13-5-20(6-14-24)19-3-1-18(17-30)2-4-19/h1-8,11-14,22,25,31H,9-10,15-16H2. The molecule has 1 aliphatic carbocycles. The summed E-state index contributed by atoms with van der Waals surface area (Å²) in [6.45, 7) is 0. The first-order valence-electron chi connectivity index (χ1n) is 11.1. The Morgan fingerprint density at radius 1 is 0.829 bits per heavy atom. The van der Waals surface area contributed by atoms with Crippen LogP contribution in [0.5, 0.6) is 5.75 Å². The molecule has 1 aliphatic rings. The molecule has 4 rings (SSSR count). The van der Waals surface area contributed by atoms with E-state index in [2.05, 4.69) is 16.1 Å². The molecule has 0 atom stereocenters. The number of alkyl halides is 3. The summed E-state index contributed by atoms with van der Waals surface area (Å²) in [6.07, 6.45) is -2.48. The summed E-state index contributed by atoms with van der Waals surface area (Å²) in [4.78, 5) is 0.284. The van der Waals surface area contributed by atoms with Gasteiger partial charge in [0.15, 0.2) is 9.84 Å². The number of nitrogens with zero attached hydrogens (tertiary/aromatic N) is 1. The number of sulfone groups is 1. The average Bonchev–Trinajstić information content (AvgIpc) is 2.85. The van der Waals surface area contributed by atoms with Crippen LogP contribution in [0.25, 0.3) is 11.1 Å². The third-order valence-corrected chi connectivity index (χ3v) is 8.38. The van der Waals surface area contributed by atoms with E-state index in [1.807, 2.05) is 12.1 Å². The van der Waals surface area contributed by atoms with Crippen molar-refractivity contribution in [1.82, 2.24) is 0 Å². The van der Waals surface area contributed by atoms with Gasteiger partial charge >= 0.3 is 6.36 Å². The molecule has 0 aromatic heterocycles. The minimum absolute atomic E-state index is 0.0367. The molecule has 0 aliphatic heterocycles. The largest absolute Gasteiger partial charge is 0.573 e. The summed E-state index contributed by atoms with van der Waals surface area (Å²) in [6, 6.07) is 21.5. The maximum atomic E-state index is 13.2. The lowest BCUT2D eigenvalue weighted by atomic mass is 9.95. The number of ether oxygens (including phenoxy) is 1. The predicted octanol–water partition coefficient (Wildman–Crippen LogP) is 6.32. The Labute approximate surface area is 202 Å². The van der Waals surface area contributed by atoms with Gasteiger partial charge in [-0.1, -0.05) is 24.3 Å². The Morgan fingerprint density at radius 2 is 1.37 bits per heavy atom. The third-order valence-electron chi connectivity index (χ3n) is 6.10. The summed E-state index contributed by atoms with van der Waals surface area (Å²) in [5.41, 5.74) is 2.99. The van der Waals surface area contributed by atoms with E-state index in [0.29, 0.717) is 36.9 Å². The molecule has 182 valence electrons. The van der Waals surface area contributed by atoms with Crippen LogP contribution in [0.1, 0.15) is 31.2 Å². The molecule has 0 bridgehead atoms. The summed E-state index contributed by atoms with van der Waals surface area (Å²) in [5.74, 6) is -0.289. The van der Waals surface area contributed by atoms with Crippen molar-refractivity contribution in [3.63, 3.8) is 0 Å². The summed E-state index contributed by atoms with van der Waals surface area (Å²) >= 11 is 0. The van der Waals surface area contributed by atoms with E-state index in [4.69, 9.17) is 5.26 Å². The van der Waals surface area contributed by atoms with Gasteiger partial charge in [0.25, 0.3) is 0 Å². The Kier molecular flexibility index (Phi) is 7.03. The molecule has 0 heterocycles. The molecule has 1 N–H and O–H groups in total. The molecule has 5 nitrogen and oxygen atoms in total. The fourth-order valence-corrected chi connectivity index (χ4v) is 6.07. The predicted molar refractivity (Wildman–Crippen MR) is 127 cm³/mol. The number of nitrogens with one attached hydrogen (secondary N) is 1. The molecule has 0 saturated heterocycles. The van der Waals surface area contributed by atoms with E-state index in [1.165, 1.54) is 24.3 Å². The number of rotatable bonds is 6. The molecule has 1 fully saturated rings. The van der Waals surface area contributed by atoms with E-state index >= 15 is 0 Å². The van der Waals surface area contributed by atoms with Gasteiger partial charge in [0.05, 0.1) is 21.8 Å². The first-order chi connectivity index (χ1) is 16.6. The Hall–Kier alpha value is -3.51. The van der Waals surface area contributed by atoms with Crippen LogP contribution in [0, 0.1) is 11.3 Å². The molecule has 0 unspecified atom stereocenters. The zero-order chi connectivity index (χ0) is 25.1. The fraction of sp³-hybridized carbons (Fsp3) is 0.269. The van der Waals surface area contributed by atoms with Crippen molar-refractivity contribution < 1.29 is 26.3 Å². The molecule has 9 heteroatoms. The highest BCUT2D eigenvalue weighted by molar-refractivity contribution is 7.92. The van der Waals surface area contributed by atoms with Gasteiger partial charge < -0.3 is 10.1 Å². The van der Waals surface area contributed by atoms with Gasteiger partial charge in [-0.05, 0) is 85.3 Å². The molecule has 3 aromatic rings. The normalized spacial score (nSPS) is 18.5. The zero-order valence-corrected chi connectivity index (χ0v) is 19.4. The third kappa shape index (κ3) is 6.14. The SMILES string of the molecule is N#Cc1ccc(-c2ccc(S(=O)(=O)C3CCC(Nc4ccc(OC(F)(F)F)cc4)CC3)cc2)cc1. The van der Waals surface area contributed by atoms with Crippen molar-refractivity contribution >= 4 is 15.5 Å². The van der Waals surface area contributed by atoms with Crippen molar-refractivity contribution in [2.24, 2.45) is 0 Å². The van der Waals surface area contributed by atoms with Crippen LogP contribution in [-0.4, -0.2) is 26.1 Å². The van der Waals surface area contributed by atoms with Gasteiger partial charge in [0.1, 0.15) is 5.75 Å². The van der Waals surface area contributed by atoms with Gasteiger partial charge in [-0.3, -0.25) is 0 Å². The van der Waals surface area contributed by atoms with E-state index in [0.717, 1.165) is 11.1 Å². The van der Waals surface area contributed by atoms with Crippen molar-refractivity contribution in [2.75, 3.05) is 5.32 Å². The smallest absolute Gasteiger partial charge is 0.406 e. The van der Waals surface area contributed by atoms with Crippen LogP contribution in [0.4, 0.5) is 18.9 Å². The van der Waals surface area contributed by atoms with Crippen LogP contribution in [-0.2, 0) is 9.84 Å². The van der Waals surface area contributed by atoms with Crippen LogP contribution >= 0.6 is 0 Å². The highest BCUT2D eigenvalue weighted by Gasteiger charge is 2.33. The lowest BCUT2D eigenvalue weighted by Crippen LogP contribution is -2.32. The summed E-state index contributed by atoms with van der Waals surface area (Å²) in [5, 5.41) is 11.7. The van der Waals surface area contributed by atoms with Crippen LogP contribution in [0.2, 0.25) is 0 Å². The van der Waals surface area contributed by atoms with Gasteiger partial charge in [-0.2, -0.15) is 5.26 Å². The average molecular weight is 501 g/mol. The van der Waals surface area contributed by atoms with Crippen LogP contribution in [0.3, 0.4) is 0 Å². The Morgan fingerprint density at radius 3 is 1.89 bits per heavy atom.